The molecular formula is C14H17NO2S2. The van der Waals surface area contributed by atoms with Crippen LogP contribution < -0.4 is 0 Å². The molecule has 1 amide bonds. The van der Waals surface area contributed by atoms with Crippen molar-refractivity contribution < 1.29 is 9.90 Å². The highest BCUT2D eigenvalue weighted by Crippen LogP contribution is 2.27. The molecule has 2 rings (SSSR count). The average Bonchev–Trinajstić information content (AvgIpc) is 2.82. The smallest absolute Gasteiger partial charge is 0.265 e. The highest BCUT2D eigenvalue weighted by molar-refractivity contribution is 8.00. The van der Waals surface area contributed by atoms with Gasteiger partial charge in [-0.15, -0.1) is 11.3 Å². The summed E-state index contributed by atoms with van der Waals surface area (Å²) in [6, 6.07) is 1.84. The molecule has 2 unspecified atom stereocenters. The summed E-state index contributed by atoms with van der Waals surface area (Å²) in [5.41, 5.74) is 0.725. The Morgan fingerprint density at radius 2 is 2.16 bits per heavy atom. The van der Waals surface area contributed by atoms with E-state index in [1.54, 1.807) is 0 Å². The zero-order valence-corrected chi connectivity index (χ0v) is 12.7. The molecule has 1 aromatic rings. The minimum Gasteiger partial charge on any atom is -0.384 e. The average molecular weight is 295 g/mol. The van der Waals surface area contributed by atoms with Crippen molar-refractivity contribution in [2.24, 2.45) is 0 Å². The maximum Gasteiger partial charge on any atom is 0.265 e. The quantitative estimate of drug-likeness (QED) is 0.806. The fourth-order valence-corrected chi connectivity index (χ4v) is 4.34. The summed E-state index contributed by atoms with van der Waals surface area (Å²) < 4.78 is 0. The van der Waals surface area contributed by atoms with E-state index in [4.69, 9.17) is 5.11 Å². The van der Waals surface area contributed by atoms with Crippen LogP contribution in [-0.2, 0) is 0 Å². The topological polar surface area (TPSA) is 40.5 Å². The molecule has 0 radical (unpaired) electrons. The van der Waals surface area contributed by atoms with E-state index in [2.05, 4.69) is 25.7 Å². The van der Waals surface area contributed by atoms with Crippen LogP contribution in [0.15, 0.2) is 11.4 Å². The number of hydrogen-bond acceptors (Lipinski definition) is 4. The predicted octanol–water partition coefficient (Wildman–Crippen LogP) is 2.06. The van der Waals surface area contributed by atoms with Gasteiger partial charge in [-0.2, -0.15) is 11.8 Å². The van der Waals surface area contributed by atoms with Crippen molar-refractivity contribution in [1.29, 1.82) is 0 Å². The van der Waals surface area contributed by atoms with E-state index in [1.807, 2.05) is 28.1 Å². The fourth-order valence-electron chi connectivity index (χ4n) is 2.20. The van der Waals surface area contributed by atoms with Crippen LogP contribution in [0.3, 0.4) is 0 Å². The first-order valence-corrected chi connectivity index (χ1v) is 8.06. The van der Waals surface area contributed by atoms with Crippen molar-refractivity contribution >= 4 is 29.0 Å². The van der Waals surface area contributed by atoms with E-state index >= 15 is 0 Å². The van der Waals surface area contributed by atoms with Crippen molar-refractivity contribution in [3.63, 3.8) is 0 Å². The number of thiophene rings is 1. The standard InChI is InChI=1S/C14H17NO2S2/c1-10-8-15(9-11(2)19-10)14(17)13-12(4-3-6-16)5-7-18-13/h5,7,10-11,16H,6,8-9H2,1-2H3. The molecule has 0 saturated carbocycles. The van der Waals surface area contributed by atoms with Gasteiger partial charge in [0.25, 0.3) is 5.91 Å². The minimum atomic E-state index is -0.183. The van der Waals surface area contributed by atoms with Crippen molar-refractivity contribution in [3.05, 3.63) is 21.9 Å². The Kier molecular flexibility index (Phi) is 4.92. The lowest BCUT2D eigenvalue weighted by Gasteiger charge is -2.34. The first-order valence-electron chi connectivity index (χ1n) is 6.23. The maximum atomic E-state index is 12.5. The SMILES string of the molecule is CC1CN(C(=O)c2sccc2C#CCO)CC(C)S1. The van der Waals surface area contributed by atoms with Gasteiger partial charge in [-0.3, -0.25) is 4.79 Å². The van der Waals surface area contributed by atoms with Crippen molar-refractivity contribution in [1.82, 2.24) is 4.90 Å². The van der Waals surface area contributed by atoms with Gasteiger partial charge in [-0.1, -0.05) is 25.7 Å². The summed E-state index contributed by atoms with van der Waals surface area (Å²) in [7, 11) is 0. The van der Waals surface area contributed by atoms with Gasteiger partial charge < -0.3 is 10.0 Å². The Labute approximate surface area is 122 Å². The number of hydrogen-bond donors (Lipinski definition) is 1. The molecule has 0 bridgehead atoms. The van der Waals surface area contributed by atoms with Crippen LogP contribution in [0.5, 0.6) is 0 Å². The zero-order chi connectivity index (χ0) is 13.8. The number of aliphatic hydroxyl groups is 1. The Morgan fingerprint density at radius 1 is 1.47 bits per heavy atom. The molecule has 0 spiro atoms. The van der Waals surface area contributed by atoms with E-state index in [-0.39, 0.29) is 12.5 Å². The van der Waals surface area contributed by atoms with Crippen LogP contribution >= 0.6 is 23.1 Å². The Bertz CT molecular complexity index is 505. The zero-order valence-electron chi connectivity index (χ0n) is 11.0. The summed E-state index contributed by atoms with van der Waals surface area (Å²) in [6.07, 6.45) is 0. The van der Waals surface area contributed by atoms with Crippen molar-refractivity contribution in [3.8, 4) is 11.8 Å². The first kappa shape index (κ1) is 14.4. The van der Waals surface area contributed by atoms with Gasteiger partial charge in [0.1, 0.15) is 11.5 Å². The third kappa shape index (κ3) is 3.53. The largest absolute Gasteiger partial charge is 0.384 e. The number of amides is 1. The van der Waals surface area contributed by atoms with Crippen LogP contribution in [0.1, 0.15) is 29.1 Å². The molecule has 0 aliphatic carbocycles. The maximum absolute atomic E-state index is 12.5. The molecule has 1 saturated heterocycles. The number of rotatable bonds is 1. The van der Waals surface area contributed by atoms with E-state index in [0.29, 0.717) is 15.4 Å². The van der Waals surface area contributed by atoms with Gasteiger partial charge in [-0.25, -0.2) is 0 Å². The molecule has 1 aliphatic heterocycles. The number of nitrogens with zero attached hydrogens (tertiary/aromatic N) is 1. The minimum absolute atomic E-state index is 0.0660. The van der Waals surface area contributed by atoms with Gasteiger partial charge in [0.15, 0.2) is 0 Å². The number of thioether (sulfide) groups is 1. The van der Waals surface area contributed by atoms with Gasteiger partial charge in [-0.05, 0) is 11.4 Å². The molecule has 1 aliphatic rings. The van der Waals surface area contributed by atoms with Gasteiger partial charge in [0.05, 0.1) is 0 Å². The Hall–Kier alpha value is -0.960. The fraction of sp³-hybridized carbons (Fsp3) is 0.500. The van der Waals surface area contributed by atoms with E-state index in [0.717, 1.165) is 18.7 Å². The number of carbonyl (C=O) groups is 1. The molecule has 2 atom stereocenters. The monoisotopic (exact) mass is 295 g/mol. The lowest BCUT2D eigenvalue weighted by atomic mass is 10.2. The molecule has 19 heavy (non-hydrogen) atoms. The lowest BCUT2D eigenvalue weighted by molar-refractivity contribution is 0.0758. The predicted molar refractivity (Wildman–Crippen MR) is 80.7 cm³/mol. The van der Waals surface area contributed by atoms with E-state index in [9.17, 15) is 4.79 Å². The molecular weight excluding hydrogens is 278 g/mol. The third-order valence-electron chi connectivity index (χ3n) is 2.87. The van der Waals surface area contributed by atoms with Crippen LogP contribution in [0.4, 0.5) is 0 Å². The van der Waals surface area contributed by atoms with Gasteiger partial charge >= 0.3 is 0 Å². The Morgan fingerprint density at radius 3 is 2.79 bits per heavy atom. The van der Waals surface area contributed by atoms with Crippen molar-refractivity contribution in [2.45, 2.75) is 24.3 Å². The van der Waals surface area contributed by atoms with Gasteiger partial charge in [0, 0.05) is 29.2 Å². The molecule has 0 aromatic carbocycles. The highest BCUT2D eigenvalue weighted by Gasteiger charge is 2.28. The molecule has 5 heteroatoms. The van der Waals surface area contributed by atoms with E-state index in [1.165, 1.54) is 11.3 Å². The van der Waals surface area contributed by atoms with Crippen LogP contribution in [0, 0.1) is 11.8 Å². The normalized spacial score (nSPS) is 22.8. The van der Waals surface area contributed by atoms with Crippen LogP contribution in [0.25, 0.3) is 0 Å². The molecule has 1 N–H and O–H groups in total. The van der Waals surface area contributed by atoms with Gasteiger partial charge in [0.2, 0.25) is 0 Å². The number of carbonyl (C=O) groups excluding carboxylic acids is 1. The summed E-state index contributed by atoms with van der Waals surface area (Å²) in [5.74, 6) is 5.51. The molecule has 3 nitrogen and oxygen atoms in total. The third-order valence-corrected chi connectivity index (χ3v) is 5.00. The first-order chi connectivity index (χ1) is 9.11. The second-order valence-corrected chi connectivity index (χ2v) is 7.39. The van der Waals surface area contributed by atoms with Crippen molar-refractivity contribution in [2.75, 3.05) is 19.7 Å². The highest BCUT2D eigenvalue weighted by atomic mass is 32.2. The Balaban J connectivity index is 2.17. The lowest BCUT2D eigenvalue weighted by Crippen LogP contribution is -2.43. The number of aliphatic hydroxyl groups excluding tert-OH is 1. The molecule has 1 fully saturated rings. The summed E-state index contributed by atoms with van der Waals surface area (Å²) in [4.78, 5) is 15.1. The summed E-state index contributed by atoms with van der Waals surface area (Å²) in [5, 5.41) is 11.6. The molecule has 102 valence electrons. The summed E-state index contributed by atoms with van der Waals surface area (Å²) >= 11 is 3.35. The second kappa shape index (κ2) is 6.47. The van der Waals surface area contributed by atoms with E-state index < -0.39 is 0 Å². The second-order valence-electron chi connectivity index (χ2n) is 4.59. The van der Waals surface area contributed by atoms with Crippen LogP contribution in [-0.4, -0.2) is 46.1 Å². The molecule has 1 aromatic heterocycles. The molecule has 2 heterocycles. The van der Waals surface area contributed by atoms with Crippen LogP contribution in [0.2, 0.25) is 0 Å². The summed E-state index contributed by atoms with van der Waals surface area (Å²) in [6.45, 7) is 5.71.